The van der Waals surface area contributed by atoms with Gasteiger partial charge in [-0.15, -0.1) is 0 Å². The SMILES string of the molecule is CO/N=C/c1cn2cc(-c3ccc(N4C[C@H](CNC(C)=O)OC4=O)cc3F)ccc2n1. The standard InChI is InChI=1S/C21H20FN5O4/c1-13(28)23-9-17-12-27(21(29)31-17)16-4-5-18(19(22)7-16)14-3-6-20-25-15(8-24-30-2)11-26(20)10-14/h3-8,10-11,17H,9,12H2,1-2H3,(H,23,28)/b24-8+/t17-/m0/s1. The van der Waals surface area contributed by atoms with Crippen molar-refractivity contribution in [1.82, 2.24) is 14.7 Å². The monoisotopic (exact) mass is 425 g/mol. The molecule has 31 heavy (non-hydrogen) atoms. The van der Waals surface area contributed by atoms with Gasteiger partial charge in [0.15, 0.2) is 0 Å². The number of oxime groups is 1. The van der Waals surface area contributed by atoms with Gasteiger partial charge in [-0.3, -0.25) is 9.69 Å². The molecule has 0 saturated carbocycles. The number of amides is 2. The van der Waals surface area contributed by atoms with Crippen LogP contribution in [0.25, 0.3) is 16.8 Å². The number of ether oxygens (including phenoxy) is 1. The Hall–Kier alpha value is -3.95. The second kappa shape index (κ2) is 8.42. The van der Waals surface area contributed by atoms with Crippen molar-refractivity contribution < 1.29 is 23.6 Å². The van der Waals surface area contributed by atoms with Gasteiger partial charge in [0, 0.05) is 30.4 Å². The van der Waals surface area contributed by atoms with Crippen LogP contribution in [-0.4, -0.2) is 53.9 Å². The third-order valence-corrected chi connectivity index (χ3v) is 4.79. The van der Waals surface area contributed by atoms with Crippen molar-refractivity contribution in [2.45, 2.75) is 13.0 Å². The Balaban J connectivity index is 1.55. The van der Waals surface area contributed by atoms with Crippen LogP contribution in [0.1, 0.15) is 12.6 Å². The Morgan fingerprint density at radius 1 is 1.39 bits per heavy atom. The minimum atomic E-state index is -0.576. The van der Waals surface area contributed by atoms with Crippen LogP contribution in [0, 0.1) is 5.82 Å². The van der Waals surface area contributed by atoms with Crippen molar-refractivity contribution in [2.24, 2.45) is 5.16 Å². The second-order valence-electron chi connectivity index (χ2n) is 6.98. The Bertz CT molecular complexity index is 1180. The number of nitrogens with one attached hydrogen (secondary N) is 1. The first-order chi connectivity index (χ1) is 14.9. The topological polar surface area (TPSA) is 97.5 Å². The first kappa shape index (κ1) is 20.3. The lowest BCUT2D eigenvalue weighted by molar-refractivity contribution is -0.119. The highest BCUT2D eigenvalue weighted by atomic mass is 19.1. The minimum absolute atomic E-state index is 0.208. The van der Waals surface area contributed by atoms with Gasteiger partial charge in [-0.1, -0.05) is 5.16 Å². The molecule has 0 spiro atoms. The van der Waals surface area contributed by atoms with Crippen LogP contribution in [0.5, 0.6) is 0 Å². The number of benzene rings is 1. The van der Waals surface area contributed by atoms with E-state index in [1.807, 2.05) is 0 Å². The number of fused-ring (bicyclic) bond motifs is 1. The predicted molar refractivity (Wildman–Crippen MR) is 111 cm³/mol. The molecule has 4 rings (SSSR count). The molecule has 1 fully saturated rings. The van der Waals surface area contributed by atoms with Crippen molar-refractivity contribution in [3.05, 3.63) is 54.2 Å². The predicted octanol–water partition coefficient (Wildman–Crippen LogP) is 2.58. The summed E-state index contributed by atoms with van der Waals surface area (Å²) in [6.07, 6.45) is 3.93. The second-order valence-corrected chi connectivity index (χ2v) is 6.98. The Morgan fingerprint density at radius 3 is 2.97 bits per heavy atom. The number of nitrogens with zero attached hydrogens (tertiary/aromatic N) is 4. The molecule has 1 saturated heterocycles. The largest absolute Gasteiger partial charge is 0.442 e. The molecule has 2 amide bonds. The zero-order chi connectivity index (χ0) is 22.0. The quantitative estimate of drug-likeness (QED) is 0.484. The number of pyridine rings is 1. The average Bonchev–Trinajstić information content (AvgIpc) is 3.32. The van der Waals surface area contributed by atoms with Gasteiger partial charge < -0.3 is 19.3 Å². The molecule has 3 aromatic rings. The van der Waals surface area contributed by atoms with E-state index in [1.165, 1.54) is 31.2 Å². The number of hydrogen-bond acceptors (Lipinski definition) is 6. The van der Waals surface area contributed by atoms with Crippen molar-refractivity contribution in [1.29, 1.82) is 0 Å². The fraction of sp³-hybridized carbons (Fsp3) is 0.238. The summed E-state index contributed by atoms with van der Waals surface area (Å²) in [4.78, 5) is 33.6. The smallest absolute Gasteiger partial charge is 0.414 e. The van der Waals surface area contributed by atoms with Gasteiger partial charge in [0.25, 0.3) is 0 Å². The molecule has 9 nitrogen and oxygen atoms in total. The normalized spacial score (nSPS) is 16.2. The van der Waals surface area contributed by atoms with E-state index in [1.54, 1.807) is 41.1 Å². The number of cyclic esters (lactones) is 1. The van der Waals surface area contributed by atoms with Crippen LogP contribution in [0.4, 0.5) is 14.9 Å². The molecule has 3 heterocycles. The lowest BCUT2D eigenvalue weighted by atomic mass is 10.1. The minimum Gasteiger partial charge on any atom is -0.442 e. The fourth-order valence-electron chi connectivity index (χ4n) is 3.34. The molecule has 0 unspecified atom stereocenters. The number of imidazole rings is 1. The fourth-order valence-corrected chi connectivity index (χ4v) is 3.34. The van der Waals surface area contributed by atoms with E-state index < -0.39 is 18.0 Å². The lowest BCUT2D eigenvalue weighted by Crippen LogP contribution is -2.33. The van der Waals surface area contributed by atoms with Crippen LogP contribution >= 0.6 is 0 Å². The van der Waals surface area contributed by atoms with Gasteiger partial charge in [0.2, 0.25) is 5.91 Å². The molecule has 0 radical (unpaired) electrons. The molecule has 1 atom stereocenters. The molecule has 160 valence electrons. The molecule has 2 aromatic heterocycles. The highest BCUT2D eigenvalue weighted by Crippen LogP contribution is 2.29. The summed E-state index contributed by atoms with van der Waals surface area (Å²) in [5.74, 6) is -0.686. The summed E-state index contributed by atoms with van der Waals surface area (Å²) >= 11 is 0. The molecule has 1 aromatic carbocycles. The first-order valence-corrected chi connectivity index (χ1v) is 9.52. The number of halogens is 1. The van der Waals surface area contributed by atoms with Crippen molar-refractivity contribution in [3.8, 4) is 11.1 Å². The van der Waals surface area contributed by atoms with Crippen LogP contribution in [-0.2, 0) is 14.4 Å². The molecular formula is C21H20FN5O4. The highest BCUT2D eigenvalue weighted by molar-refractivity contribution is 5.90. The Labute approximate surface area is 177 Å². The maximum atomic E-state index is 14.9. The van der Waals surface area contributed by atoms with E-state index in [0.717, 1.165) is 0 Å². The molecule has 1 N–H and O–H groups in total. The number of carbonyl (C=O) groups excluding carboxylic acids is 2. The number of hydrogen-bond donors (Lipinski definition) is 1. The van der Waals surface area contributed by atoms with Crippen molar-refractivity contribution in [3.63, 3.8) is 0 Å². The van der Waals surface area contributed by atoms with Gasteiger partial charge in [-0.05, 0) is 30.3 Å². The Morgan fingerprint density at radius 2 is 2.23 bits per heavy atom. The number of carbonyl (C=O) groups is 2. The van der Waals surface area contributed by atoms with E-state index in [9.17, 15) is 14.0 Å². The van der Waals surface area contributed by atoms with E-state index in [4.69, 9.17) is 4.74 Å². The van der Waals surface area contributed by atoms with E-state index in [2.05, 4.69) is 20.3 Å². The van der Waals surface area contributed by atoms with Crippen LogP contribution in [0.15, 0.2) is 47.9 Å². The van der Waals surface area contributed by atoms with Gasteiger partial charge in [0.05, 0.1) is 25.0 Å². The summed E-state index contributed by atoms with van der Waals surface area (Å²) in [7, 11) is 1.45. The highest BCUT2D eigenvalue weighted by Gasteiger charge is 2.32. The summed E-state index contributed by atoms with van der Waals surface area (Å²) in [6.45, 7) is 1.82. The summed E-state index contributed by atoms with van der Waals surface area (Å²) in [5.41, 5.74) is 2.71. The number of anilines is 1. The van der Waals surface area contributed by atoms with Crippen LogP contribution in [0.2, 0.25) is 0 Å². The average molecular weight is 425 g/mol. The maximum Gasteiger partial charge on any atom is 0.414 e. The van der Waals surface area contributed by atoms with Crippen LogP contribution in [0.3, 0.4) is 0 Å². The lowest BCUT2D eigenvalue weighted by Gasteiger charge is -2.14. The van der Waals surface area contributed by atoms with Gasteiger partial charge in [-0.2, -0.15) is 0 Å². The molecule has 1 aliphatic rings. The summed E-state index contributed by atoms with van der Waals surface area (Å²) < 4.78 is 21.9. The summed E-state index contributed by atoms with van der Waals surface area (Å²) in [6, 6.07) is 8.12. The number of aromatic nitrogens is 2. The molecule has 1 aliphatic heterocycles. The van der Waals surface area contributed by atoms with Crippen molar-refractivity contribution in [2.75, 3.05) is 25.1 Å². The molecule has 0 aliphatic carbocycles. The molecule has 0 bridgehead atoms. The van der Waals surface area contributed by atoms with Crippen LogP contribution < -0.4 is 10.2 Å². The van der Waals surface area contributed by atoms with Crippen molar-refractivity contribution >= 4 is 29.5 Å². The molecular weight excluding hydrogens is 405 g/mol. The molecule has 10 heteroatoms. The number of rotatable bonds is 6. The van der Waals surface area contributed by atoms with Gasteiger partial charge in [0.1, 0.15) is 30.4 Å². The van der Waals surface area contributed by atoms with E-state index in [-0.39, 0.29) is 19.0 Å². The maximum absolute atomic E-state index is 14.9. The zero-order valence-corrected chi connectivity index (χ0v) is 16.9. The van der Waals surface area contributed by atoms with Gasteiger partial charge in [-0.25, -0.2) is 14.2 Å². The first-order valence-electron chi connectivity index (χ1n) is 9.52. The zero-order valence-electron chi connectivity index (χ0n) is 16.9. The van der Waals surface area contributed by atoms with E-state index >= 15 is 0 Å². The Kier molecular flexibility index (Phi) is 5.52. The third kappa shape index (κ3) is 4.32. The van der Waals surface area contributed by atoms with E-state index in [0.29, 0.717) is 28.2 Å². The third-order valence-electron chi connectivity index (χ3n) is 4.79. The van der Waals surface area contributed by atoms with Gasteiger partial charge >= 0.3 is 6.09 Å². The summed E-state index contributed by atoms with van der Waals surface area (Å²) in [5, 5.41) is 6.30.